The Balaban J connectivity index is 1.86. The molecule has 0 saturated heterocycles. The summed E-state index contributed by atoms with van der Waals surface area (Å²) in [7, 11) is 0. The smallest absolute Gasteiger partial charge is 0.174 e. The van der Waals surface area contributed by atoms with Gasteiger partial charge in [-0.05, 0) is 36.6 Å². The summed E-state index contributed by atoms with van der Waals surface area (Å²) in [5.74, 6) is 2.11. The van der Waals surface area contributed by atoms with E-state index in [1.807, 2.05) is 18.2 Å². The third kappa shape index (κ3) is 4.90. The highest BCUT2D eigenvalue weighted by Gasteiger charge is 2.06. The van der Waals surface area contributed by atoms with Crippen molar-refractivity contribution in [2.24, 2.45) is 0 Å². The van der Waals surface area contributed by atoms with Crippen molar-refractivity contribution in [2.75, 3.05) is 6.54 Å². The molecule has 0 aliphatic carbocycles. The highest BCUT2D eigenvalue weighted by Crippen LogP contribution is 2.21. The van der Waals surface area contributed by atoms with Crippen LogP contribution >= 0.6 is 0 Å². The van der Waals surface area contributed by atoms with Gasteiger partial charge < -0.3 is 14.6 Å². The Hall–Kier alpha value is -1.81. The van der Waals surface area contributed by atoms with Gasteiger partial charge >= 0.3 is 0 Å². The fourth-order valence-corrected chi connectivity index (χ4v) is 2.02. The van der Waals surface area contributed by atoms with Crippen LogP contribution in [0.15, 0.2) is 34.9 Å². The summed E-state index contributed by atoms with van der Waals surface area (Å²) in [4.78, 5) is 0. The largest absolute Gasteiger partial charge is 0.486 e. The second-order valence-electron chi connectivity index (χ2n) is 5.48. The van der Waals surface area contributed by atoms with Crippen molar-refractivity contribution in [2.45, 2.75) is 46.3 Å². The molecule has 0 aliphatic rings. The van der Waals surface area contributed by atoms with Gasteiger partial charge in [0.1, 0.15) is 12.4 Å². The standard InChI is InChI=1S/C17H24N2O2/c1-4-8-18-11-15-10-17(21-19-15)12-20-16-7-5-6-14(9-16)13(2)3/h5-7,9-10,13,18H,4,8,11-12H2,1-3H3. The Morgan fingerprint density at radius 3 is 2.90 bits per heavy atom. The van der Waals surface area contributed by atoms with Gasteiger partial charge in [-0.25, -0.2) is 0 Å². The van der Waals surface area contributed by atoms with Gasteiger partial charge in [0, 0.05) is 12.6 Å². The van der Waals surface area contributed by atoms with E-state index in [4.69, 9.17) is 9.26 Å². The molecule has 1 heterocycles. The fourth-order valence-electron chi connectivity index (χ4n) is 2.02. The van der Waals surface area contributed by atoms with Crippen molar-refractivity contribution in [3.05, 3.63) is 47.3 Å². The summed E-state index contributed by atoms with van der Waals surface area (Å²) < 4.78 is 11.0. The maximum Gasteiger partial charge on any atom is 0.174 e. The lowest BCUT2D eigenvalue weighted by atomic mass is 10.0. The molecule has 0 fully saturated rings. The van der Waals surface area contributed by atoms with Crippen molar-refractivity contribution < 1.29 is 9.26 Å². The number of nitrogens with one attached hydrogen (secondary N) is 1. The molecule has 0 unspecified atom stereocenters. The van der Waals surface area contributed by atoms with Crippen molar-refractivity contribution in [1.29, 1.82) is 0 Å². The zero-order valence-electron chi connectivity index (χ0n) is 13.1. The first kappa shape index (κ1) is 15.6. The van der Waals surface area contributed by atoms with Gasteiger partial charge in [0.15, 0.2) is 5.76 Å². The van der Waals surface area contributed by atoms with E-state index >= 15 is 0 Å². The lowest BCUT2D eigenvalue weighted by molar-refractivity contribution is 0.248. The van der Waals surface area contributed by atoms with Crippen LogP contribution in [0.3, 0.4) is 0 Å². The molecule has 0 aliphatic heterocycles. The van der Waals surface area contributed by atoms with Crippen LogP contribution < -0.4 is 10.1 Å². The predicted octanol–water partition coefficient (Wildman–Crippen LogP) is 3.88. The quantitative estimate of drug-likeness (QED) is 0.749. The molecule has 4 heteroatoms. The minimum absolute atomic E-state index is 0.405. The average molecular weight is 288 g/mol. The van der Waals surface area contributed by atoms with Crippen LogP contribution in [0.1, 0.15) is 50.1 Å². The van der Waals surface area contributed by atoms with Gasteiger partial charge in [0.2, 0.25) is 0 Å². The summed E-state index contributed by atoms with van der Waals surface area (Å²) in [6.07, 6.45) is 1.11. The number of nitrogens with zero attached hydrogens (tertiary/aromatic N) is 1. The predicted molar refractivity (Wildman–Crippen MR) is 83.4 cm³/mol. The summed E-state index contributed by atoms with van der Waals surface area (Å²) in [6, 6.07) is 10.1. The first-order chi connectivity index (χ1) is 10.2. The molecule has 2 rings (SSSR count). The number of ether oxygens (including phenoxy) is 1. The second-order valence-corrected chi connectivity index (χ2v) is 5.48. The van der Waals surface area contributed by atoms with E-state index in [0.717, 1.165) is 36.7 Å². The molecule has 0 bridgehead atoms. The monoisotopic (exact) mass is 288 g/mol. The molecule has 4 nitrogen and oxygen atoms in total. The van der Waals surface area contributed by atoms with Gasteiger partial charge in [0.25, 0.3) is 0 Å². The minimum atomic E-state index is 0.405. The number of hydrogen-bond donors (Lipinski definition) is 1. The highest BCUT2D eigenvalue weighted by atomic mass is 16.5. The van der Waals surface area contributed by atoms with E-state index in [9.17, 15) is 0 Å². The van der Waals surface area contributed by atoms with Crippen molar-refractivity contribution in [3.8, 4) is 5.75 Å². The lowest BCUT2D eigenvalue weighted by Gasteiger charge is -2.08. The van der Waals surface area contributed by atoms with Gasteiger partial charge in [-0.15, -0.1) is 0 Å². The molecule has 0 radical (unpaired) electrons. The molecule has 1 N–H and O–H groups in total. The van der Waals surface area contributed by atoms with Crippen LogP contribution in [0.2, 0.25) is 0 Å². The zero-order chi connectivity index (χ0) is 15.1. The van der Waals surface area contributed by atoms with Gasteiger partial charge in [-0.3, -0.25) is 0 Å². The maximum absolute atomic E-state index is 5.77. The van der Waals surface area contributed by atoms with Crippen LogP contribution in [0, 0.1) is 0 Å². The molecular formula is C17H24N2O2. The minimum Gasteiger partial charge on any atom is -0.486 e. The zero-order valence-corrected chi connectivity index (χ0v) is 13.1. The normalized spacial score (nSPS) is 11.0. The van der Waals surface area contributed by atoms with E-state index in [0.29, 0.717) is 12.5 Å². The van der Waals surface area contributed by atoms with Gasteiger partial charge in [-0.1, -0.05) is 38.1 Å². The first-order valence-electron chi connectivity index (χ1n) is 7.57. The Morgan fingerprint density at radius 1 is 1.29 bits per heavy atom. The first-order valence-corrected chi connectivity index (χ1v) is 7.57. The third-order valence-electron chi connectivity index (χ3n) is 3.25. The number of hydrogen-bond acceptors (Lipinski definition) is 4. The van der Waals surface area contributed by atoms with Gasteiger partial charge in [0.05, 0.1) is 5.69 Å². The third-order valence-corrected chi connectivity index (χ3v) is 3.25. The van der Waals surface area contributed by atoms with E-state index in [1.165, 1.54) is 5.56 Å². The molecule has 0 saturated carbocycles. The SMILES string of the molecule is CCCNCc1cc(COc2cccc(C(C)C)c2)on1. The summed E-state index contributed by atoms with van der Waals surface area (Å²) in [5.41, 5.74) is 2.19. The molecule has 0 amide bonds. The lowest BCUT2D eigenvalue weighted by Crippen LogP contribution is -2.13. The Bertz CT molecular complexity index is 549. The Morgan fingerprint density at radius 2 is 2.14 bits per heavy atom. The topological polar surface area (TPSA) is 47.3 Å². The van der Waals surface area contributed by atoms with E-state index < -0.39 is 0 Å². The van der Waals surface area contributed by atoms with Crippen LogP contribution in [0.5, 0.6) is 5.75 Å². The molecular weight excluding hydrogens is 264 g/mol. The van der Waals surface area contributed by atoms with Crippen molar-refractivity contribution in [3.63, 3.8) is 0 Å². The van der Waals surface area contributed by atoms with E-state index in [-0.39, 0.29) is 0 Å². The maximum atomic E-state index is 5.77. The molecule has 1 aromatic heterocycles. The van der Waals surface area contributed by atoms with Crippen molar-refractivity contribution >= 4 is 0 Å². The van der Waals surface area contributed by atoms with E-state index in [2.05, 4.69) is 43.4 Å². The molecule has 21 heavy (non-hydrogen) atoms. The van der Waals surface area contributed by atoms with Crippen LogP contribution in [-0.4, -0.2) is 11.7 Å². The van der Waals surface area contributed by atoms with E-state index in [1.54, 1.807) is 0 Å². The van der Waals surface area contributed by atoms with Crippen LogP contribution in [-0.2, 0) is 13.2 Å². The molecule has 0 atom stereocenters. The highest BCUT2D eigenvalue weighted by molar-refractivity contribution is 5.30. The number of rotatable bonds is 8. The Labute approximate surface area is 126 Å². The van der Waals surface area contributed by atoms with Gasteiger partial charge in [-0.2, -0.15) is 0 Å². The molecule has 2 aromatic rings. The number of benzene rings is 1. The number of aromatic nitrogens is 1. The Kier molecular flexibility index (Phi) is 5.81. The fraction of sp³-hybridized carbons (Fsp3) is 0.471. The summed E-state index contributed by atoms with van der Waals surface area (Å²) in [5, 5.41) is 7.32. The van der Waals surface area contributed by atoms with Crippen molar-refractivity contribution in [1.82, 2.24) is 10.5 Å². The average Bonchev–Trinajstić information content (AvgIpc) is 2.94. The van der Waals surface area contributed by atoms with Crippen LogP contribution in [0.4, 0.5) is 0 Å². The second kappa shape index (κ2) is 7.84. The summed E-state index contributed by atoms with van der Waals surface area (Å²) in [6.45, 7) is 8.61. The molecule has 1 aromatic carbocycles. The molecule has 0 spiro atoms. The molecule has 114 valence electrons. The van der Waals surface area contributed by atoms with Crippen LogP contribution in [0.25, 0.3) is 0 Å². The summed E-state index contributed by atoms with van der Waals surface area (Å²) >= 11 is 0.